The monoisotopic (exact) mass is 233 g/mol. The van der Waals surface area contributed by atoms with Gasteiger partial charge in [-0.25, -0.2) is 4.98 Å². The van der Waals surface area contributed by atoms with E-state index in [0.717, 1.165) is 17.1 Å². The minimum absolute atomic E-state index is 0.0901. The number of rotatable bonds is 4. The lowest BCUT2D eigenvalue weighted by Gasteiger charge is -2.13. The van der Waals surface area contributed by atoms with Gasteiger partial charge in [0.15, 0.2) is 0 Å². The second-order valence-electron chi connectivity index (χ2n) is 3.70. The lowest BCUT2D eigenvalue weighted by molar-refractivity contribution is 0.540. The Balaban J connectivity index is 2.12. The summed E-state index contributed by atoms with van der Waals surface area (Å²) in [6.07, 6.45) is 0.862. The zero-order valence-corrected chi connectivity index (χ0v) is 10.00. The molecule has 1 atom stereocenters. The number of thiazole rings is 1. The molecule has 1 unspecified atom stereocenters. The molecule has 4 heteroatoms. The summed E-state index contributed by atoms with van der Waals surface area (Å²) in [6.45, 7) is 2.00. The summed E-state index contributed by atoms with van der Waals surface area (Å²) in [5.74, 6) is 5.58. The molecule has 0 spiro atoms. The van der Waals surface area contributed by atoms with Crippen molar-refractivity contribution in [1.82, 2.24) is 10.4 Å². The predicted molar refractivity (Wildman–Crippen MR) is 67.1 cm³/mol. The number of nitrogens with one attached hydrogen (secondary N) is 1. The highest BCUT2D eigenvalue weighted by atomic mass is 32.1. The predicted octanol–water partition coefficient (Wildman–Crippen LogP) is 2.20. The summed E-state index contributed by atoms with van der Waals surface area (Å²) in [5, 5.41) is 3.13. The van der Waals surface area contributed by atoms with Gasteiger partial charge in [-0.15, -0.1) is 11.3 Å². The summed E-state index contributed by atoms with van der Waals surface area (Å²) < 4.78 is 0. The smallest absolute Gasteiger partial charge is 0.0898 e. The molecule has 16 heavy (non-hydrogen) atoms. The first-order valence-corrected chi connectivity index (χ1v) is 6.09. The normalized spacial score (nSPS) is 12.6. The van der Waals surface area contributed by atoms with Crippen molar-refractivity contribution in [2.24, 2.45) is 5.84 Å². The molecule has 1 aromatic heterocycles. The maximum Gasteiger partial charge on any atom is 0.0898 e. The molecule has 0 aliphatic carbocycles. The van der Waals surface area contributed by atoms with Crippen LogP contribution in [0.5, 0.6) is 0 Å². The van der Waals surface area contributed by atoms with Crippen molar-refractivity contribution in [1.29, 1.82) is 0 Å². The van der Waals surface area contributed by atoms with Crippen LogP contribution in [0.15, 0.2) is 35.7 Å². The van der Waals surface area contributed by atoms with Crippen LogP contribution in [0.2, 0.25) is 0 Å². The Morgan fingerprint density at radius 2 is 2.12 bits per heavy atom. The SMILES string of the molecule is Cc1nc(C(Cc2ccccc2)NN)cs1. The number of aromatic nitrogens is 1. The van der Waals surface area contributed by atoms with Gasteiger partial charge in [0, 0.05) is 5.38 Å². The van der Waals surface area contributed by atoms with Crippen LogP contribution in [0.3, 0.4) is 0 Å². The molecule has 0 saturated carbocycles. The van der Waals surface area contributed by atoms with E-state index in [9.17, 15) is 0 Å². The third-order valence-corrected chi connectivity index (χ3v) is 3.27. The number of nitrogens with two attached hydrogens (primary N) is 1. The van der Waals surface area contributed by atoms with E-state index >= 15 is 0 Å². The Morgan fingerprint density at radius 3 is 2.69 bits per heavy atom. The van der Waals surface area contributed by atoms with Gasteiger partial charge in [-0.2, -0.15) is 0 Å². The summed E-state index contributed by atoms with van der Waals surface area (Å²) in [6, 6.07) is 10.4. The van der Waals surface area contributed by atoms with E-state index in [2.05, 4.69) is 27.9 Å². The van der Waals surface area contributed by atoms with Crippen LogP contribution in [0, 0.1) is 6.92 Å². The van der Waals surface area contributed by atoms with Crippen molar-refractivity contribution in [3.63, 3.8) is 0 Å². The van der Waals surface area contributed by atoms with Gasteiger partial charge in [-0.1, -0.05) is 30.3 Å². The quantitative estimate of drug-likeness (QED) is 0.629. The highest BCUT2D eigenvalue weighted by Crippen LogP contribution is 2.19. The molecule has 0 saturated heterocycles. The minimum Gasteiger partial charge on any atom is -0.271 e. The Labute approximate surface area is 99.3 Å². The highest BCUT2D eigenvalue weighted by Gasteiger charge is 2.13. The summed E-state index contributed by atoms with van der Waals surface area (Å²) >= 11 is 1.65. The fourth-order valence-corrected chi connectivity index (χ4v) is 2.31. The van der Waals surface area contributed by atoms with E-state index in [1.807, 2.05) is 25.1 Å². The Kier molecular flexibility index (Phi) is 3.66. The Bertz CT molecular complexity index is 439. The van der Waals surface area contributed by atoms with E-state index in [1.165, 1.54) is 5.56 Å². The van der Waals surface area contributed by atoms with Gasteiger partial charge in [0.25, 0.3) is 0 Å². The van der Waals surface area contributed by atoms with Crippen LogP contribution in [-0.2, 0) is 6.42 Å². The number of nitrogens with zero attached hydrogens (tertiary/aromatic N) is 1. The van der Waals surface area contributed by atoms with Gasteiger partial charge < -0.3 is 0 Å². The van der Waals surface area contributed by atoms with Crippen LogP contribution in [0.4, 0.5) is 0 Å². The van der Waals surface area contributed by atoms with Crippen LogP contribution in [0.25, 0.3) is 0 Å². The topological polar surface area (TPSA) is 50.9 Å². The second-order valence-corrected chi connectivity index (χ2v) is 4.76. The fraction of sp³-hybridized carbons (Fsp3) is 0.250. The average molecular weight is 233 g/mol. The molecule has 0 fully saturated rings. The average Bonchev–Trinajstić information content (AvgIpc) is 2.74. The molecule has 1 heterocycles. The van der Waals surface area contributed by atoms with E-state index in [4.69, 9.17) is 5.84 Å². The molecule has 0 aliphatic rings. The molecule has 0 aliphatic heterocycles. The molecule has 0 amide bonds. The van der Waals surface area contributed by atoms with Crippen molar-refractivity contribution >= 4 is 11.3 Å². The molecular weight excluding hydrogens is 218 g/mol. The van der Waals surface area contributed by atoms with E-state index in [-0.39, 0.29) is 6.04 Å². The van der Waals surface area contributed by atoms with Crippen molar-refractivity contribution in [2.75, 3.05) is 0 Å². The van der Waals surface area contributed by atoms with Gasteiger partial charge in [0.1, 0.15) is 0 Å². The molecule has 1 aromatic carbocycles. The van der Waals surface area contributed by atoms with Gasteiger partial charge in [0.05, 0.1) is 16.7 Å². The summed E-state index contributed by atoms with van der Waals surface area (Å²) in [5.41, 5.74) is 5.11. The maximum absolute atomic E-state index is 5.58. The van der Waals surface area contributed by atoms with Crippen molar-refractivity contribution in [3.8, 4) is 0 Å². The first-order valence-electron chi connectivity index (χ1n) is 5.21. The summed E-state index contributed by atoms with van der Waals surface area (Å²) in [4.78, 5) is 4.45. The molecule has 0 radical (unpaired) electrons. The molecule has 3 N–H and O–H groups in total. The van der Waals surface area contributed by atoms with Gasteiger partial charge >= 0.3 is 0 Å². The number of benzene rings is 1. The molecular formula is C12H15N3S. The Hall–Kier alpha value is -1.23. The summed E-state index contributed by atoms with van der Waals surface area (Å²) in [7, 11) is 0. The molecule has 2 aromatic rings. The van der Waals surface area contributed by atoms with Gasteiger partial charge in [0.2, 0.25) is 0 Å². The first-order chi connectivity index (χ1) is 7.79. The van der Waals surface area contributed by atoms with Crippen LogP contribution < -0.4 is 11.3 Å². The molecule has 3 nitrogen and oxygen atoms in total. The van der Waals surface area contributed by atoms with Gasteiger partial charge in [-0.3, -0.25) is 11.3 Å². The number of aryl methyl sites for hydroxylation is 1. The zero-order chi connectivity index (χ0) is 11.4. The zero-order valence-electron chi connectivity index (χ0n) is 9.18. The van der Waals surface area contributed by atoms with E-state index in [0.29, 0.717) is 0 Å². The third-order valence-electron chi connectivity index (χ3n) is 2.48. The van der Waals surface area contributed by atoms with Crippen LogP contribution >= 0.6 is 11.3 Å². The molecule has 0 bridgehead atoms. The first kappa shape index (κ1) is 11.3. The largest absolute Gasteiger partial charge is 0.271 e. The van der Waals surface area contributed by atoms with Crippen molar-refractivity contribution in [3.05, 3.63) is 52.0 Å². The Morgan fingerprint density at radius 1 is 1.38 bits per heavy atom. The minimum atomic E-state index is 0.0901. The van der Waals surface area contributed by atoms with E-state index < -0.39 is 0 Å². The maximum atomic E-state index is 5.58. The van der Waals surface area contributed by atoms with Gasteiger partial charge in [-0.05, 0) is 18.9 Å². The number of hydrogen-bond acceptors (Lipinski definition) is 4. The molecule has 2 rings (SSSR count). The lowest BCUT2D eigenvalue weighted by Crippen LogP contribution is -2.29. The van der Waals surface area contributed by atoms with E-state index in [1.54, 1.807) is 11.3 Å². The standard InChI is InChI=1S/C12H15N3S/c1-9-14-12(8-16-9)11(15-13)7-10-5-3-2-4-6-10/h2-6,8,11,15H,7,13H2,1H3. The second kappa shape index (κ2) is 5.21. The number of hydrogen-bond donors (Lipinski definition) is 2. The van der Waals surface area contributed by atoms with Crippen LogP contribution in [-0.4, -0.2) is 4.98 Å². The highest BCUT2D eigenvalue weighted by molar-refractivity contribution is 7.09. The van der Waals surface area contributed by atoms with Crippen molar-refractivity contribution in [2.45, 2.75) is 19.4 Å². The number of hydrazine groups is 1. The molecule has 84 valence electrons. The fourth-order valence-electron chi connectivity index (χ4n) is 1.64. The van der Waals surface area contributed by atoms with Crippen LogP contribution in [0.1, 0.15) is 22.3 Å². The third kappa shape index (κ3) is 2.66. The lowest BCUT2D eigenvalue weighted by atomic mass is 10.0. The van der Waals surface area contributed by atoms with Crippen molar-refractivity contribution < 1.29 is 0 Å².